The van der Waals surface area contributed by atoms with Gasteiger partial charge in [-0.1, -0.05) is 18.2 Å². The Hall–Kier alpha value is -3.34. The van der Waals surface area contributed by atoms with E-state index in [1.54, 1.807) is 4.31 Å². The molecule has 10 nitrogen and oxygen atoms in total. The molecule has 3 heterocycles. The van der Waals surface area contributed by atoms with E-state index < -0.39 is 34.3 Å². The van der Waals surface area contributed by atoms with Crippen LogP contribution in [0.15, 0.2) is 36.7 Å². The molecular formula is C22H26F6N4O6S. The standard InChI is InChI=1S/C18H24N4O2S.2C2HF3O2/c1-20-12-9-19-17(20)13-21-10-7-18(8-11-21)14-22(25(2,23)24)16-6-4-3-5-15(16)18;2*3-2(4,5)1(6)7/h3-6,9,12H,7-8,10-11,13-14H2,1-2H3;2*(H,6,7). The zero-order chi connectivity index (χ0) is 29.8. The molecule has 1 aromatic heterocycles. The van der Waals surface area contributed by atoms with Gasteiger partial charge in [-0.15, -0.1) is 0 Å². The van der Waals surface area contributed by atoms with Gasteiger partial charge in [0.15, 0.2) is 0 Å². The Bertz CT molecular complexity index is 1250. The second-order valence-corrected chi connectivity index (χ2v) is 10.8. The highest BCUT2D eigenvalue weighted by atomic mass is 32.2. The van der Waals surface area contributed by atoms with E-state index in [2.05, 4.69) is 20.5 Å². The predicted molar refractivity (Wildman–Crippen MR) is 125 cm³/mol. The fraction of sp³-hybridized carbons (Fsp3) is 0.500. The third-order valence-electron chi connectivity index (χ3n) is 6.17. The number of hydrogen-bond acceptors (Lipinski definition) is 6. The van der Waals surface area contributed by atoms with Gasteiger partial charge in [0.1, 0.15) is 5.82 Å². The Labute approximate surface area is 219 Å². The molecule has 39 heavy (non-hydrogen) atoms. The van der Waals surface area contributed by atoms with E-state index >= 15 is 0 Å². The molecule has 2 aliphatic rings. The lowest BCUT2D eigenvalue weighted by atomic mass is 9.74. The summed E-state index contributed by atoms with van der Waals surface area (Å²) in [6.45, 7) is 3.33. The highest BCUT2D eigenvalue weighted by molar-refractivity contribution is 7.92. The normalized spacial score (nSPS) is 17.0. The van der Waals surface area contributed by atoms with E-state index in [-0.39, 0.29) is 5.41 Å². The average Bonchev–Trinajstić information content (AvgIpc) is 3.36. The van der Waals surface area contributed by atoms with Crippen LogP contribution in [0.2, 0.25) is 0 Å². The number of benzene rings is 1. The first kappa shape index (κ1) is 31.9. The summed E-state index contributed by atoms with van der Waals surface area (Å²) in [4.78, 5) is 24.6. The lowest BCUT2D eigenvalue weighted by Crippen LogP contribution is -2.45. The molecule has 4 rings (SSSR count). The van der Waals surface area contributed by atoms with Crippen molar-refractivity contribution in [3.05, 3.63) is 48.0 Å². The van der Waals surface area contributed by atoms with Crippen LogP contribution in [0.4, 0.5) is 32.0 Å². The summed E-state index contributed by atoms with van der Waals surface area (Å²) in [6.07, 6.45) is -3.12. The number of fused-ring (bicyclic) bond motifs is 2. The summed E-state index contributed by atoms with van der Waals surface area (Å²) in [5.74, 6) is -4.44. The number of hydrogen-bond donors (Lipinski definition) is 2. The number of aryl methyl sites for hydroxylation is 1. The van der Waals surface area contributed by atoms with Gasteiger partial charge < -0.3 is 14.8 Å². The molecule has 2 aromatic rings. The predicted octanol–water partition coefficient (Wildman–Crippen LogP) is 3.00. The summed E-state index contributed by atoms with van der Waals surface area (Å²) in [7, 11) is -1.23. The first-order valence-corrected chi connectivity index (χ1v) is 13.0. The van der Waals surface area contributed by atoms with Gasteiger partial charge in [0.25, 0.3) is 0 Å². The number of alkyl halides is 6. The molecule has 1 saturated heterocycles. The minimum atomic E-state index is -5.08. The lowest BCUT2D eigenvalue weighted by molar-refractivity contribution is -0.193. The van der Waals surface area contributed by atoms with Crippen LogP contribution in [0.3, 0.4) is 0 Å². The summed E-state index contributed by atoms with van der Waals surface area (Å²) in [5.41, 5.74) is 2.00. The van der Waals surface area contributed by atoms with Gasteiger partial charge in [-0.05, 0) is 37.6 Å². The third-order valence-corrected chi connectivity index (χ3v) is 7.30. The Morgan fingerprint density at radius 2 is 1.49 bits per heavy atom. The number of nitrogens with zero attached hydrogens (tertiary/aromatic N) is 4. The van der Waals surface area contributed by atoms with E-state index in [1.807, 2.05) is 37.6 Å². The molecule has 17 heteroatoms. The summed E-state index contributed by atoms with van der Waals surface area (Å²) < 4.78 is 91.6. The van der Waals surface area contributed by atoms with Crippen LogP contribution in [0.25, 0.3) is 0 Å². The van der Waals surface area contributed by atoms with Crippen LogP contribution in [-0.2, 0) is 38.6 Å². The van der Waals surface area contributed by atoms with Gasteiger partial charge in [-0.25, -0.2) is 23.0 Å². The highest BCUT2D eigenvalue weighted by Gasteiger charge is 2.47. The Balaban J connectivity index is 0.000000317. The van der Waals surface area contributed by atoms with Gasteiger partial charge in [-0.3, -0.25) is 9.21 Å². The maximum atomic E-state index is 12.2. The van der Waals surface area contributed by atoms with E-state index in [4.69, 9.17) is 19.8 Å². The summed E-state index contributed by atoms with van der Waals surface area (Å²) in [6, 6.07) is 7.99. The number of sulfonamides is 1. The van der Waals surface area contributed by atoms with Crippen LogP contribution in [0, 0.1) is 0 Å². The molecule has 2 N–H and O–H groups in total. The number of rotatable bonds is 3. The molecule has 0 aliphatic carbocycles. The van der Waals surface area contributed by atoms with Crippen LogP contribution in [0.5, 0.6) is 0 Å². The molecule has 0 radical (unpaired) electrons. The van der Waals surface area contributed by atoms with E-state index in [9.17, 15) is 34.8 Å². The van der Waals surface area contributed by atoms with Crippen molar-refractivity contribution < 1.29 is 54.6 Å². The van der Waals surface area contributed by atoms with Crippen molar-refractivity contribution in [2.75, 3.05) is 30.2 Å². The molecule has 0 bridgehead atoms. The van der Waals surface area contributed by atoms with Crippen LogP contribution >= 0.6 is 0 Å². The van der Waals surface area contributed by atoms with Crippen LogP contribution in [-0.4, -0.2) is 83.3 Å². The maximum Gasteiger partial charge on any atom is 0.490 e. The number of carboxylic acids is 2. The summed E-state index contributed by atoms with van der Waals surface area (Å²) >= 11 is 0. The number of aliphatic carboxylic acids is 2. The number of para-hydroxylation sites is 1. The highest BCUT2D eigenvalue weighted by Crippen LogP contribution is 2.47. The van der Waals surface area contributed by atoms with Crippen molar-refractivity contribution in [2.24, 2.45) is 7.05 Å². The monoisotopic (exact) mass is 588 g/mol. The number of imidazole rings is 1. The minimum absolute atomic E-state index is 0.0577. The topological polar surface area (TPSA) is 133 Å². The SMILES string of the molecule is Cn1ccnc1CN1CCC2(CC1)CN(S(C)(=O)=O)c1ccccc12.O=C(O)C(F)(F)F.O=C(O)C(F)(F)F. The largest absolute Gasteiger partial charge is 0.490 e. The van der Waals surface area contributed by atoms with E-state index in [0.717, 1.165) is 44.0 Å². The molecule has 1 aromatic carbocycles. The average molecular weight is 589 g/mol. The first-order valence-electron chi connectivity index (χ1n) is 11.1. The van der Waals surface area contributed by atoms with E-state index in [1.165, 1.54) is 11.8 Å². The number of aromatic nitrogens is 2. The molecule has 1 fully saturated rings. The molecule has 0 saturated carbocycles. The van der Waals surface area contributed by atoms with Gasteiger partial charge in [0, 0.05) is 31.4 Å². The van der Waals surface area contributed by atoms with Crippen molar-refractivity contribution in [1.82, 2.24) is 14.5 Å². The zero-order valence-corrected chi connectivity index (χ0v) is 21.5. The number of carboxylic acid groups (broad SMARTS) is 2. The Morgan fingerprint density at radius 1 is 1.00 bits per heavy atom. The van der Waals surface area contributed by atoms with Crippen molar-refractivity contribution >= 4 is 27.6 Å². The molecule has 0 atom stereocenters. The number of anilines is 1. The number of piperidine rings is 1. The van der Waals surface area contributed by atoms with Crippen molar-refractivity contribution in [1.29, 1.82) is 0 Å². The van der Waals surface area contributed by atoms with Gasteiger partial charge >= 0.3 is 24.3 Å². The second kappa shape index (κ2) is 11.8. The molecule has 1 spiro atoms. The Kier molecular flexibility index (Phi) is 9.65. The second-order valence-electron chi connectivity index (χ2n) is 8.90. The summed E-state index contributed by atoms with van der Waals surface area (Å²) in [5, 5.41) is 14.2. The fourth-order valence-electron chi connectivity index (χ4n) is 4.20. The molecule has 218 valence electrons. The molecule has 2 aliphatic heterocycles. The van der Waals surface area contributed by atoms with Crippen molar-refractivity contribution in [3.63, 3.8) is 0 Å². The molecule has 0 unspecified atom stereocenters. The number of halogens is 6. The number of carbonyl (C=O) groups is 2. The molecule has 0 amide bonds. The Morgan fingerprint density at radius 3 is 1.90 bits per heavy atom. The smallest absolute Gasteiger partial charge is 0.475 e. The fourth-order valence-corrected chi connectivity index (χ4v) is 5.19. The van der Waals surface area contributed by atoms with Gasteiger partial charge in [-0.2, -0.15) is 26.3 Å². The zero-order valence-electron chi connectivity index (χ0n) is 20.7. The van der Waals surface area contributed by atoms with Gasteiger partial charge in [0.2, 0.25) is 10.0 Å². The quantitative estimate of drug-likeness (QED) is 0.523. The van der Waals surface area contributed by atoms with Crippen LogP contribution in [0.1, 0.15) is 24.2 Å². The van der Waals surface area contributed by atoms with Crippen molar-refractivity contribution in [2.45, 2.75) is 37.2 Å². The molecular weight excluding hydrogens is 562 g/mol. The van der Waals surface area contributed by atoms with Gasteiger partial charge in [0.05, 0.1) is 18.5 Å². The third kappa shape index (κ3) is 8.32. The van der Waals surface area contributed by atoms with Crippen LogP contribution < -0.4 is 4.31 Å². The van der Waals surface area contributed by atoms with Crippen molar-refractivity contribution in [3.8, 4) is 0 Å². The maximum absolute atomic E-state index is 12.2. The number of likely N-dealkylation sites (tertiary alicyclic amines) is 1. The first-order chi connectivity index (χ1) is 17.8. The minimum Gasteiger partial charge on any atom is -0.475 e. The lowest BCUT2D eigenvalue weighted by Gasteiger charge is -2.39. The van der Waals surface area contributed by atoms with E-state index in [0.29, 0.717) is 6.54 Å².